The highest BCUT2D eigenvalue weighted by Gasteiger charge is 2.40. The number of nitrogens with one attached hydrogen (secondary N) is 1. The second kappa shape index (κ2) is 6.61. The molecule has 0 amide bonds. The molecule has 0 bridgehead atoms. The van der Waals surface area contributed by atoms with Crippen molar-refractivity contribution in [3.8, 4) is 0 Å². The maximum absolute atomic E-state index is 11.9. The number of halogens is 1. The summed E-state index contributed by atoms with van der Waals surface area (Å²) in [6.07, 6.45) is 0. The fourth-order valence-electron chi connectivity index (χ4n) is 2.15. The van der Waals surface area contributed by atoms with Gasteiger partial charge in [0.2, 0.25) is 0 Å². The van der Waals surface area contributed by atoms with Crippen LogP contribution in [-0.2, 0) is 15.1 Å². The molecular weight excluding hydrogens is 290 g/mol. The van der Waals surface area contributed by atoms with Gasteiger partial charge in [0.1, 0.15) is 0 Å². The third kappa shape index (κ3) is 3.35. The summed E-state index contributed by atoms with van der Waals surface area (Å²) < 4.78 is 5.15. The summed E-state index contributed by atoms with van der Waals surface area (Å²) in [7, 11) is 1.48. The van der Waals surface area contributed by atoms with Gasteiger partial charge < -0.3 is 15.2 Å². The van der Waals surface area contributed by atoms with Gasteiger partial charge in [-0.15, -0.1) is 0 Å². The first-order valence-corrected chi connectivity index (χ1v) is 6.78. The minimum absolute atomic E-state index is 0.00499. The van der Waals surface area contributed by atoms with E-state index in [1.54, 1.807) is 48.5 Å². The van der Waals surface area contributed by atoms with Crippen molar-refractivity contribution in [2.75, 3.05) is 19.0 Å². The highest BCUT2D eigenvalue weighted by molar-refractivity contribution is 6.30. The fourth-order valence-corrected chi connectivity index (χ4v) is 2.28. The number of aliphatic carboxylic acids is 1. The number of hydrogen-bond donors (Lipinski definition) is 2. The molecule has 0 aromatic heterocycles. The van der Waals surface area contributed by atoms with E-state index in [0.29, 0.717) is 16.3 Å². The molecule has 0 aliphatic heterocycles. The molecule has 1 unspecified atom stereocenters. The first-order valence-electron chi connectivity index (χ1n) is 6.40. The number of carboxylic acid groups (broad SMARTS) is 1. The monoisotopic (exact) mass is 305 g/mol. The van der Waals surface area contributed by atoms with Crippen LogP contribution in [0.25, 0.3) is 0 Å². The summed E-state index contributed by atoms with van der Waals surface area (Å²) in [4.78, 5) is 11.9. The minimum atomic E-state index is -1.36. The van der Waals surface area contributed by atoms with Crippen LogP contribution in [0.3, 0.4) is 0 Å². The van der Waals surface area contributed by atoms with E-state index >= 15 is 0 Å². The lowest BCUT2D eigenvalue weighted by molar-refractivity contribution is -0.144. The summed E-state index contributed by atoms with van der Waals surface area (Å²) in [5.74, 6) is -1.01. The predicted molar refractivity (Wildman–Crippen MR) is 82.7 cm³/mol. The molecule has 0 aliphatic rings. The average Bonchev–Trinajstić information content (AvgIpc) is 2.49. The Balaban J connectivity index is 2.44. The van der Waals surface area contributed by atoms with E-state index in [0.717, 1.165) is 0 Å². The lowest BCUT2D eigenvalue weighted by Gasteiger charge is -2.31. The molecule has 2 aromatic carbocycles. The number of hydrogen-bond acceptors (Lipinski definition) is 3. The summed E-state index contributed by atoms with van der Waals surface area (Å²) in [6, 6.07) is 15.8. The van der Waals surface area contributed by atoms with Crippen molar-refractivity contribution >= 4 is 23.3 Å². The van der Waals surface area contributed by atoms with Crippen molar-refractivity contribution < 1.29 is 14.6 Å². The van der Waals surface area contributed by atoms with Gasteiger partial charge >= 0.3 is 5.97 Å². The van der Waals surface area contributed by atoms with Gasteiger partial charge in [0.05, 0.1) is 6.61 Å². The third-order valence-corrected chi connectivity index (χ3v) is 3.45. The van der Waals surface area contributed by atoms with Gasteiger partial charge in [-0.2, -0.15) is 0 Å². The summed E-state index contributed by atoms with van der Waals surface area (Å²) >= 11 is 5.85. The summed E-state index contributed by atoms with van der Waals surface area (Å²) in [5.41, 5.74) is -0.0823. The summed E-state index contributed by atoms with van der Waals surface area (Å²) in [5, 5.41) is 13.4. The molecule has 5 heteroatoms. The molecule has 2 N–H and O–H groups in total. The van der Waals surface area contributed by atoms with E-state index in [-0.39, 0.29) is 6.61 Å². The Labute approximate surface area is 128 Å². The van der Waals surface area contributed by atoms with Gasteiger partial charge in [0, 0.05) is 17.8 Å². The quantitative estimate of drug-likeness (QED) is 0.859. The molecule has 21 heavy (non-hydrogen) atoms. The van der Waals surface area contributed by atoms with Crippen LogP contribution < -0.4 is 5.32 Å². The van der Waals surface area contributed by atoms with E-state index in [2.05, 4.69) is 5.32 Å². The zero-order valence-electron chi connectivity index (χ0n) is 11.5. The van der Waals surface area contributed by atoms with Crippen LogP contribution in [0.4, 0.5) is 5.69 Å². The van der Waals surface area contributed by atoms with Crippen LogP contribution in [0.15, 0.2) is 54.6 Å². The number of ether oxygens (including phenoxy) is 1. The number of anilines is 1. The van der Waals surface area contributed by atoms with Crippen molar-refractivity contribution in [1.82, 2.24) is 0 Å². The Morgan fingerprint density at radius 3 is 2.33 bits per heavy atom. The number of benzene rings is 2. The highest BCUT2D eigenvalue weighted by Crippen LogP contribution is 2.28. The zero-order chi connectivity index (χ0) is 15.3. The molecule has 0 heterocycles. The van der Waals surface area contributed by atoms with E-state index in [4.69, 9.17) is 16.3 Å². The van der Waals surface area contributed by atoms with Crippen LogP contribution in [0, 0.1) is 0 Å². The zero-order valence-corrected chi connectivity index (χ0v) is 12.3. The molecule has 0 saturated carbocycles. The molecule has 2 rings (SSSR count). The Hall–Kier alpha value is -2.04. The standard InChI is InChI=1S/C16H16ClNO3/c1-21-11-16(15(19)20,12-5-3-2-4-6-12)18-14-9-7-13(17)8-10-14/h2-10,18H,11H2,1H3,(H,19,20). The molecule has 0 radical (unpaired) electrons. The van der Waals surface area contributed by atoms with Crippen LogP contribution in [0.2, 0.25) is 5.02 Å². The molecule has 0 saturated heterocycles. The average molecular weight is 306 g/mol. The number of methoxy groups -OCH3 is 1. The normalized spacial score (nSPS) is 13.4. The van der Waals surface area contributed by atoms with Gasteiger partial charge in [-0.25, -0.2) is 4.79 Å². The Morgan fingerprint density at radius 2 is 1.81 bits per heavy atom. The number of carbonyl (C=O) groups is 1. The van der Waals surface area contributed by atoms with Crippen molar-refractivity contribution in [1.29, 1.82) is 0 Å². The fraction of sp³-hybridized carbons (Fsp3) is 0.188. The topological polar surface area (TPSA) is 58.6 Å². The molecule has 2 aromatic rings. The van der Waals surface area contributed by atoms with E-state index in [9.17, 15) is 9.90 Å². The largest absolute Gasteiger partial charge is 0.479 e. The second-order valence-electron chi connectivity index (χ2n) is 4.64. The maximum atomic E-state index is 11.9. The van der Waals surface area contributed by atoms with Crippen molar-refractivity contribution in [3.63, 3.8) is 0 Å². The van der Waals surface area contributed by atoms with E-state index in [1.165, 1.54) is 7.11 Å². The Morgan fingerprint density at radius 1 is 1.19 bits per heavy atom. The molecule has 0 fully saturated rings. The molecule has 0 spiro atoms. The van der Waals surface area contributed by atoms with Gasteiger partial charge in [0.25, 0.3) is 0 Å². The van der Waals surface area contributed by atoms with Crippen LogP contribution >= 0.6 is 11.6 Å². The van der Waals surface area contributed by atoms with Crippen LogP contribution in [0.1, 0.15) is 5.56 Å². The molecular formula is C16H16ClNO3. The lowest BCUT2D eigenvalue weighted by Crippen LogP contribution is -2.47. The maximum Gasteiger partial charge on any atom is 0.336 e. The Kier molecular flexibility index (Phi) is 4.83. The minimum Gasteiger partial charge on any atom is -0.479 e. The SMILES string of the molecule is COCC(Nc1ccc(Cl)cc1)(C(=O)O)c1ccccc1. The van der Waals surface area contributed by atoms with Gasteiger partial charge in [-0.1, -0.05) is 41.9 Å². The molecule has 4 nitrogen and oxygen atoms in total. The first-order chi connectivity index (χ1) is 10.1. The predicted octanol–water partition coefficient (Wildman–Crippen LogP) is 3.38. The number of rotatable bonds is 6. The molecule has 1 atom stereocenters. The van der Waals surface area contributed by atoms with Gasteiger partial charge in [-0.3, -0.25) is 0 Å². The highest BCUT2D eigenvalue weighted by atomic mass is 35.5. The molecule has 110 valence electrons. The van der Waals surface area contributed by atoms with Crippen molar-refractivity contribution in [2.45, 2.75) is 5.54 Å². The number of carboxylic acids is 1. The third-order valence-electron chi connectivity index (χ3n) is 3.19. The smallest absolute Gasteiger partial charge is 0.336 e. The lowest BCUT2D eigenvalue weighted by atomic mass is 9.90. The summed E-state index contributed by atoms with van der Waals surface area (Å²) in [6.45, 7) is -0.00499. The van der Waals surface area contributed by atoms with Crippen molar-refractivity contribution in [3.05, 3.63) is 65.2 Å². The van der Waals surface area contributed by atoms with Crippen LogP contribution in [0.5, 0.6) is 0 Å². The Bertz CT molecular complexity index is 601. The van der Waals surface area contributed by atoms with Gasteiger partial charge in [-0.05, 0) is 29.8 Å². The van der Waals surface area contributed by atoms with Crippen molar-refractivity contribution in [2.24, 2.45) is 0 Å². The van der Waals surface area contributed by atoms with E-state index < -0.39 is 11.5 Å². The molecule has 0 aliphatic carbocycles. The van der Waals surface area contributed by atoms with Crippen LogP contribution in [-0.4, -0.2) is 24.8 Å². The first kappa shape index (κ1) is 15.4. The van der Waals surface area contributed by atoms with E-state index in [1.807, 2.05) is 6.07 Å². The second-order valence-corrected chi connectivity index (χ2v) is 5.08. The van der Waals surface area contributed by atoms with Gasteiger partial charge in [0.15, 0.2) is 5.54 Å².